The summed E-state index contributed by atoms with van der Waals surface area (Å²) < 4.78 is 0. The van der Waals surface area contributed by atoms with E-state index in [1.807, 2.05) is 41.8 Å². The van der Waals surface area contributed by atoms with Gasteiger partial charge in [0.15, 0.2) is 5.06 Å². The lowest BCUT2D eigenvalue weighted by atomic mass is 10.1. The highest BCUT2D eigenvalue weighted by Crippen LogP contribution is 2.33. The molecule has 1 aromatic heterocycles. The van der Waals surface area contributed by atoms with Gasteiger partial charge in [-0.1, -0.05) is 30.3 Å². The Balaban J connectivity index is 2.51. The van der Waals surface area contributed by atoms with Gasteiger partial charge in [0.25, 0.3) is 0 Å². The summed E-state index contributed by atoms with van der Waals surface area (Å²) >= 11 is 1.35. The Morgan fingerprint density at radius 2 is 1.75 bits per heavy atom. The molecule has 60 valence electrons. The molecule has 0 atom stereocenters. The fourth-order valence-electron chi connectivity index (χ4n) is 1.14. The maximum absolute atomic E-state index is 9.42. The summed E-state index contributed by atoms with van der Waals surface area (Å²) in [6.45, 7) is 0. The van der Waals surface area contributed by atoms with E-state index in [9.17, 15) is 5.11 Å². The molecule has 0 aliphatic carbocycles. The van der Waals surface area contributed by atoms with Crippen molar-refractivity contribution in [3.63, 3.8) is 0 Å². The third-order valence-electron chi connectivity index (χ3n) is 1.73. The Labute approximate surface area is 74.9 Å². The minimum absolute atomic E-state index is 0.390. The lowest BCUT2D eigenvalue weighted by Crippen LogP contribution is -1.71. The zero-order valence-corrected chi connectivity index (χ0v) is 7.21. The molecule has 0 bridgehead atoms. The average Bonchev–Trinajstić information content (AvgIpc) is 2.53. The Morgan fingerprint density at radius 1 is 1.00 bits per heavy atom. The topological polar surface area (TPSA) is 20.2 Å². The molecule has 12 heavy (non-hydrogen) atoms. The van der Waals surface area contributed by atoms with E-state index < -0.39 is 0 Å². The van der Waals surface area contributed by atoms with Crippen LogP contribution in [0.1, 0.15) is 0 Å². The molecule has 0 amide bonds. The molecule has 0 unspecified atom stereocenters. The van der Waals surface area contributed by atoms with Crippen molar-refractivity contribution in [2.75, 3.05) is 0 Å². The summed E-state index contributed by atoms with van der Waals surface area (Å²) in [7, 11) is 0. The van der Waals surface area contributed by atoms with Crippen molar-refractivity contribution >= 4 is 11.3 Å². The number of benzene rings is 1. The quantitative estimate of drug-likeness (QED) is 0.707. The summed E-state index contributed by atoms with van der Waals surface area (Å²) in [4.78, 5) is 0. The number of hydrogen-bond acceptors (Lipinski definition) is 2. The van der Waals surface area contributed by atoms with Crippen LogP contribution in [0, 0.1) is 0 Å². The lowest BCUT2D eigenvalue weighted by molar-refractivity contribution is 0.493. The predicted molar refractivity (Wildman–Crippen MR) is 51.4 cm³/mol. The van der Waals surface area contributed by atoms with Gasteiger partial charge in [0.2, 0.25) is 0 Å². The van der Waals surface area contributed by atoms with E-state index in [0.29, 0.717) is 5.06 Å². The highest BCUT2D eigenvalue weighted by Gasteiger charge is 2.02. The normalized spacial score (nSPS) is 10.0. The number of rotatable bonds is 1. The van der Waals surface area contributed by atoms with E-state index in [-0.39, 0.29) is 0 Å². The second-order valence-corrected chi connectivity index (χ2v) is 3.40. The first kappa shape index (κ1) is 7.37. The smallest absolute Gasteiger partial charge is 0.179 e. The Morgan fingerprint density at radius 3 is 2.33 bits per heavy atom. The van der Waals surface area contributed by atoms with E-state index in [1.54, 1.807) is 0 Å². The van der Waals surface area contributed by atoms with Gasteiger partial charge in [-0.05, 0) is 17.0 Å². The van der Waals surface area contributed by atoms with Crippen molar-refractivity contribution in [3.8, 4) is 16.2 Å². The first-order valence-electron chi connectivity index (χ1n) is 3.70. The molecule has 0 aliphatic heterocycles. The summed E-state index contributed by atoms with van der Waals surface area (Å²) in [5, 5.41) is 11.7. The number of thiophene rings is 1. The highest BCUT2D eigenvalue weighted by atomic mass is 32.1. The number of hydrogen-bond donors (Lipinski definition) is 1. The molecule has 1 N–H and O–H groups in total. The third kappa shape index (κ3) is 1.21. The zero-order valence-electron chi connectivity index (χ0n) is 6.40. The van der Waals surface area contributed by atoms with Crippen LogP contribution in [-0.4, -0.2) is 5.11 Å². The zero-order chi connectivity index (χ0) is 8.39. The van der Waals surface area contributed by atoms with Gasteiger partial charge in [0, 0.05) is 5.56 Å². The maximum Gasteiger partial charge on any atom is 0.179 e. The molecule has 0 saturated heterocycles. The minimum Gasteiger partial charge on any atom is -0.499 e. The van der Waals surface area contributed by atoms with Crippen LogP contribution in [0.25, 0.3) is 11.1 Å². The molecule has 2 heteroatoms. The molecular formula is C10H8OS. The molecule has 0 fully saturated rings. The van der Waals surface area contributed by atoms with E-state index >= 15 is 0 Å². The molecule has 0 saturated carbocycles. The highest BCUT2D eigenvalue weighted by molar-refractivity contribution is 7.12. The van der Waals surface area contributed by atoms with Gasteiger partial charge >= 0.3 is 0 Å². The summed E-state index contributed by atoms with van der Waals surface area (Å²) in [5.41, 5.74) is 1.98. The standard InChI is InChI=1S/C10H8OS/c11-10-9(6-7-12-10)8-4-2-1-3-5-8/h1-7,11H. The summed E-state index contributed by atoms with van der Waals surface area (Å²) in [6.07, 6.45) is 0. The van der Waals surface area contributed by atoms with Crippen LogP contribution in [-0.2, 0) is 0 Å². The van der Waals surface area contributed by atoms with Crippen LogP contribution in [0.15, 0.2) is 41.8 Å². The van der Waals surface area contributed by atoms with Crippen molar-refractivity contribution in [3.05, 3.63) is 41.8 Å². The first-order valence-corrected chi connectivity index (χ1v) is 4.58. The second-order valence-electron chi connectivity index (χ2n) is 2.51. The van der Waals surface area contributed by atoms with Gasteiger partial charge in [-0.3, -0.25) is 0 Å². The van der Waals surface area contributed by atoms with Crippen LogP contribution in [0.4, 0.5) is 0 Å². The predicted octanol–water partition coefficient (Wildman–Crippen LogP) is 3.12. The van der Waals surface area contributed by atoms with Gasteiger partial charge < -0.3 is 5.11 Å². The minimum atomic E-state index is 0.390. The maximum atomic E-state index is 9.42. The van der Waals surface area contributed by atoms with Crippen molar-refractivity contribution in [2.45, 2.75) is 0 Å². The third-order valence-corrected chi connectivity index (χ3v) is 2.44. The van der Waals surface area contributed by atoms with E-state index in [0.717, 1.165) is 11.1 Å². The van der Waals surface area contributed by atoms with Crippen LogP contribution >= 0.6 is 11.3 Å². The number of aromatic hydroxyl groups is 1. The molecule has 0 spiro atoms. The SMILES string of the molecule is Oc1sccc1-c1ccccc1. The Hall–Kier alpha value is -1.28. The second kappa shape index (κ2) is 2.99. The molecule has 2 rings (SSSR count). The fraction of sp³-hybridized carbons (Fsp3) is 0. The van der Waals surface area contributed by atoms with Crippen LogP contribution in [0.5, 0.6) is 5.06 Å². The molecule has 1 nitrogen and oxygen atoms in total. The van der Waals surface area contributed by atoms with Gasteiger partial charge in [-0.15, -0.1) is 11.3 Å². The molecule has 1 heterocycles. The van der Waals surface area contributed by atoms with Crippen LogP contribution in [0.2, 0.25) is 0 Å². The van der Waals surface area contributed by atoms with Gasteiger partial charge in [-0.2, -0.15) is 0 Å². The van der Waals surface area contributed by atoms with Crippen molar-refractivity contribution < 1.29 is 5.11 Å². The molecule has 0 radical (unpaired) electrons. The van der Waals surface area contributed by atoms with E-state index in [4.69, 9.17) is 0 Å². The van der Waals surface area contributed by atoms with Gasteiger partial charge in [0.05, 0.1) is 0 Å². The van der Waals surface area contributed by atoms with E-state index in [1.165, 1.54) is 11.3 Å². The molecule has 2 aromatic rings. The van der Waals surface area contributed by atoms with Gasteiger partial charge in [0.1, 0.15) is 0 Å². The van der Waals surface area contributed by atoms with Crippen LogP contribution < -0.4 is 0 Å². The van der Waals surface area contributed by atoms with Gasteiger partial charge in [-0.25, -0.2) is 0 Å². The first-order chi connectivity index (χ1) is 5.88. The van der Waals surface area contributed by atoms with Crippen LogP contribution in [0.3, 0.4) is 0 Å². The fourth-order valence-corrected chi connectivity index (χ4v) is 1.78. The largest absolute Gasteiger partial charge is 0.499 e. The summed E-state index contributed by atoms with van der Waals surface area (Å²) in [6, 6.07) is 11.8. The monoisotopic (exact) mass is 176 g/mol. The Bertz CT molecular complexity index is 364. The molecular weight excluding hydrogens is 168 g/mol. The molecule has 0 aliphatic rings. The summed E-state index contributed by atoms with van der Waals surface area (Å²) in [5.74, 6) is 0. The van der Waals surface area contributed by atoms with E-state index in [2.05, 4.69) is 0 Å². The molecule has 1 aromatic carbocycles. The van der Waals surface area contributed by atoms with Crippen molar-refractivity contribution in [2.24, 2.45) is 0 Å². The van der Waals surface area contributed by atoms with Crippen molar-refractivity contribution in [1.29, 1.82) is 0 Å². The Kier molecular flexibility index (Phi) is 1.84. The lowest BCUT2D eigenvalue weighted by Gasteiger charge is -1.96. The average molecular weight is 176 g/mol. The van der Waals surface area contributed by atoms with Crippen molar-refractivity contribution in [1.82, 2.24) is 0 Å².